The first-order chi connectivity index (χ1) is 16.2. The molecular formula is C24H21ClN4O4S. The lowest BCUT2D eigenvalue weighted by molar-refractivity contribution is 0.102. The maximum absolute atomic E-state index is 13.0. The quantitative estimate of drug-likeness (QED) is 0.418. The van der Waals surface area contributed by atoms with Gasteiger partial charge in [-0.25, -0.2) is 13.1 Å². The molecule has 0 saturated heterocycles. The average molecular weight is 497 g/mol. The summed E-state index contributed by atoms with van der Waals surface area (Å²) < 4.78 is 31.2. The van der Waals surface area contributed by atoms with E-state index >= 15 is 0 Å². The first-order valence-electron chi connectivity index (χ1n) is 10.2. The van der Waals surface area contributed by atoms with Crippen molar-refractivity contribution in [3.63, 3.8) is 0 Å². The van der Waals surface area contributed by atoms with Gasteiger partial charge >= 0.3 is 0 Å². The molecule has 0 radical (unpaired) electrons. The standard InChI is InChI=1S/C24H21ClN4O4S/c1-16-22(24(31)29(28(16)2)20-11-4-3-5-12-20)26-23(30)17-8-6-13-21(14-17)34(32,33)27-19-10-7-9-18(25)15-19/h3-15,27H,1-2H3,(H,26,30). The normalized spacial score (nSPS) is 11.3. The minimum absolute atomic E-state index is 0.0860. The van der Waals surface area contributed by atoms with Crippen molar-refractivity contribution in [2.75, 3.05) is 10.0 Å². The van der Waals surface area contributed by atoms with Crippen LogP contribution in [0, 0.1) is 6.92 Å². The molecule has 4 rings (SSSR count). The number of hydrogen-bond donors (Lipinski definition) is 2. The summed E-state index contributed by atoms with van der Waals surface area (Å²) in [6, 6.07) is 20.9. The lowest BCUT2D eigenvalue weighted by atomic mass is 10.2. The molecular weight excluding hydrogens is 476 g/mol. The molecule has 0 unspecified atom stereocenters. The molecule has 1 aromatic heterocycles. The topological polar surface area (TPSA) is 102 Å². The van der Waals surface area contributed by atoms with Gasteiger partial charge in [0.05, 0.1) is 22.0 Å². The van der Waals surface area contributed by atoms with Crippen LogP contribution in [0.3, 0.4) is 0 Å². The van der Waals surface area contributed by atoms with Crippen molar-refractivity contribution >= 4 is 38.9 Å². The van der Waals surface area contributed by atoms with Crippen molar-refractivity contribution in [3.05, 3.63) is 105 Å². The number of amides is 1. The van der Waals surface area contributed by atoms with Crippen LogP contribution in [0.15, 0.2) is 88.6 Å². The average Bonchev–Trinajstić information content (AvgIpc) is 3.02. The van der Waals surface area contributed by atoms with Gasteiger partial charge in [-0.2, -0.15) is 0 Å². The van der Waals surface area contributed by atoms with Crippen LogP contribution in [-0.2, 0) is 17.1 Å². The summed E-state index contributed by atoms with van der Waals surface area (Å²) in [5, 5.41) is 3.02. The van der Waals surface area contributed by atoms with Gasteiger partial charge in [-0.1, -0.05) is 41.9 Å². The second-order valence-electron chi connectivity index (χ2n) is 7.53. The van der Waals surface area contributed by atoms with Gasteiger partial charge in [-0.05, 0) is 55.5 Å². The Labute approximate surface area is 201 Å². The molecule has 2 N–H and O–H groups in total. The summed E-state index contributed by atoms with van der Waals surface area (Å²) in [6.07, 6.45) is 0. The molecule has 0 aliphatic heterocycles. The highest BCUT2D eigenvalue weighted by Crippen LogP contribution is 2.21. The largest absolute Gasteiger partial charge is 0.316 e. The maximum Gasteiger partial charge on any atom is 0.295 e. The molecule has 10 heteroatoms. The number of anilines is 2. The highest BCUT2D eigenvalue weighted by atomic mass is 35.5. The minimum atomic E-state index is -3.97. The van der Waals surface area contributed by atoms with E-state index in [1.54, 1.807) is 49.0 Å². The Morgan fingerprint density at radius 1 is 0.941 bits per heavy atom. The number of carbonyl (C=O) groups excluding carboxylic acids is 1. The SMILES string of the molecule is Cc1c(NC(=O)c2cccc(S(=O)(=O)Nc3cccc(Cl)c3)c2)c(=O)n(-c2ccccc2)n1C. The van der Waals surface area contributed by atoms with E-state index in [4.69, 9.17) is 11.6 Å². The van der Waals surface area contributed by atoms with Gasteiger partial charge < -0.3 is 5.32 Å². The van der Waals surface area contributed by atoms with Gasteiger partial charge in [0.25, 0.3) is 21.5 Å². The third kappa shape index (κ3) is 4.61. The lowest BCUT2D eigenvalue weighted by Crippen LogP contribution is -2.23. The summed E-state index contributed by atoms with van der Waals surface area (Å²) in [7, 11) is -2.26. The number of hydrogen-bond acceptors (Lipinski definition) is 4. The van der Waals surface area contributed by atoms with E-state index in [0.717, 1.165) is 0 Å². The predicted octanol–water partition coefficient (Wildman–Crippen LogP) is 4.19. The number of aromatic nitrogens is 2. The fraction of sp³-hybridized carbons (Fsp3) is 0.0833. The zero-order valence-electron chi connectivity index (χ0n) is 18.3. The van der Waals surface area contributed by atoms with Crippen molar-refractivity contribution in [2.45, 2.75) is 11.8 Å². The minimum Gasteiger partial charge on any atom is -0.316 e. The van der Waals surface area contributed by atoms with Gasteiger partial charge in [0.15, 0.2) is 0 Å². The highest BCUT2D eigenvalue weighted by Gasteiger charge is 2.21. The van der Waals surface area contributed by atoms with Gasteiger partial charge in [0.2, 0.25) is 0 Å². The molecule has 34 heavy (non-hydrogen) atoms. The molecule has 0 saturated carbocycles. The molecule has 0 fully saturated rings. The van der Waals surface area contributed by atoms with E-state index in [1.807, 2.05) is 18.2 Å². The first-order valence-corrected chi connectivity index (χ1v) is 12.1. The van der Waals surface area contributed by atoms with Crippen LogP contribution in [0.2, 0.25) is 5.02 Å². The number of rotatable bonds is 6. The molecule has 0 aliphatic carbocycles. The summed E-state index contributed by atoms with van der Waals surface area (Å²) >= 11 is 5.92. The van der Waals surface area contributed by atoms with E-state index in [2.05, 4.69) is 10.0 Å². The third-order valence-corrected chi connectivity index (χ3v) is 6.89. The van der Waals surface area contributed by atoms with Crippen LogP contribution < -0.4 is 15.6 Å². The summed E-state index contributed by atoms with van der Waals surface area (Å²) in [5.41, 5.74) is 1.30. The zero-order valence-corrected chi connectivity index (χ0v) is 19.9. The Morgan fingerprint density at radius 2 is 1.65 bits per heavy atom. The van der Waals surface area contributed by atoms with Crippen LogP contribution in [0.4, 0.5) is 11.4 Å². The second-order valence-corrected chi connectivity index (χ2v) is 9.65. The monoisotopic (exact) mass is 496 g/mol. The fourth-order valence-corrected chi connectivity index (χ4v) is 4.75. The third-order valence-electron chi connectivity index (χ3n) is 5.28. The number of carbonyl (C=O) groups is 1. The van der Waals surface area contributed by atoms with Crippen LogP contribution in [-0.4, -0.2) is 23.7 Å². The zero-order chi connectivity index (χ0) is 24.5. The van der Waals surface area contributed by atoms with Gasteiger partial charge in [0.1, 0.15) is 5.69 Å². The molecule has 174 valence electrons. The Hall–Kier alpha value is -3.82. The van der Waals surface area contributed by atoms with E-state index in [9.17, 15) is 18.0 Å². The Bertz CT molecular complexity index is 1540. The fourth-order valence-electron chi connectivity index (χ4n) is 3.47. The number of halogens is 1. The number of nitrogens with zero attached hydrogens (tertiary/aromatic N) is 2. The van der Waals surface area contributed by atoms with Crippen LogP contribution in [0.1, 0.15) is 16.1 Å². The van der Waals surface area contributed by atoms with Crippen molar-refractivity contribution in [1.29, 1.82) is 0 Å². The summed E-state index contributed by atoms with van der Waals surface area (Å²) in [4.78, 5) is 25.9. The first kappa shape index (κ1) is 23.3. The van der Waals surface area contributed by atoms with E-state index in [1.165, 1.54) is 35.0 Å². The van der Waals surface area contributed by atoms with Gasteiger partial charge in [0, 0.05) is 17.6 Å². The summed E-state index contributed by atoms with van der Waals surface area (Å²) in [5.74, 6) is -0.606. The molecule has 4 aromatic rings. The molecule has 0 atom stereocenters. The molecule has 0 bridgehead atoms. The molecule has 0 spiro atoms. The van der Waals surface area contributed by atoms with Gasteiger partial charge in [-0.3, -0.25) is 19.0 Å². The molecule has 0 aliphatic rings. The molecule has 1 amide bonds. The van der Waals surface area contributed by atoms with Gasteiger partial charge in [-0.15, -0.1) is 0 Å². The maximum atomic E-state index is 13.0. The van der Waals surface area contributed by atoms with Crippen molar-refractivity contribution in [3.8, 4) is 5.69 Å². The van der Waals surface area contributed by atoms with Crippen LogP contribution >= 0.6 is 11.6 Å². The molecule has 8 nitrogen and oxygen atoms in total. The van der Waals surface area contributed by atoms with Crippen LogP contribution in [0.25, 0.3) is 5.69 Å². The van der Waals surface area contributed by atoms with E-state index in [0.29, 0.717) is 22.1 Å². The number of nitrogens with one attached hydrogen (secondary N) is 2. The predicted molar refractivity (Wildman–Crippen MR) is 132 cm³/mol. The smallest absolute Gasteiger partial charge is 0.295 e. The number of benzene rings is 3. The van der Waals surface area contributed by atoms with E-state index in [-0.39, 0.29) is 16.1 Å². The Kier molecular flexibility index (Phi) is 6.32. The van der Waals surface area contributed by atoms with E-state index < -0.39 is 21.5 Å². The molecule has 1 heterocycles. The lowest BCUT2D eigenvalue weighted by Gasteiger charge is -2.10. The molecule has 3 aromatic carbocycles. The van der Waals surface area contributed by atoms with Crippen molar-refractivity contribution in [1.82, 2.24) is 9.36 Å². The highest BCUT2D eigenvalue weighted by molar-refractivity contribution is 7.92. The van der Waals surface area contributed by atoms with Crippen LogP contribution in [0.5, 0.6) is 0 Å². The Balaban J connectivity index is 1.62. The second kappa shape index (κ2) is 9.20. The van der Waals surface area contributed by atoms with Crippen molar-refractivity contribution < 1.29 is 13.2 Å². The Morgan fingerprint density at radius 3 is 2.35 bits per heavy atom. The van der Waals surface area contributed by atoms with Crippen molar-refractivity contribution in [2.24, 2.45) is 7.05 Å². The summed E-state index contributed by atoms with van der Waals surface area (Å²) in [6.45, 7) is 1.71. The number of para-hydroxylation sites is 1. The number of sulfonamides is 1.